The van der Waals surface area contributed by atoms with E-state index in [0.717, 1.165) is 0 Å². The summed E-state index contributed by atoms with van der Waals surface area (Å²) < 4.78 is 14.7. The lowest BCUT2D eigenvalue weighted by molar-refractivity contribution is 0.532. The average Bonchev–Trinajstić information content (AvgIpc) is 2.53. The van der Waals surface area contributed by atoms with Gasteiger partial charge >= 0.3 is 0 Å². The summed E-state index contributed by atoms with van der Waals surface area (Å²) in [4.78, 5) is 1.22. The van der Waals surface area contributed by atoms with Crippen LogP contribution in [-0.2, 0) is 11.4 Å². The lowest BCUT2D eigenvalue weighted by Crippen LogP contribution is -2.40. The fraction of sp³-hybridized carbons (Fsp3) is 0.600. The number of hydrogen-bond acceptors (Lipinski definition) is 3. The predicted octanol–water partition coefficient (Wildman–Crippen LogP) is 2.86. The zero-order valence-electron chi connectivity index (χ0n) is 9.03. The van der Waals surface area contributed by atoms with Crippen molar-refractivity contribution < 1.29 is 4.55 Å². The van der Waals surface area contributed by atoms with E-state index < -0.39 is 11.4 Å². The van der Waals surface area contributed by atoms with Gasteiger partial charge in [0, 0.05) is 16.2 Å². The quantitative estimate of drug-likeness (QED) is 0.812. The van der Waals surface area contributed by atoms with Gasteiger partial charge in [0.1, 0.15) is 4.75 Å². The third kappa shape index (κ3) is 3.28. The lowest BCUT2D eigenvalue weighted by atomic mass is 10.3. The van der Waals surface area contributed by atoms with Crippen LogP contribution in [0.25, 0.3) is 0 Å². The third-order valence-electron chi connectivity index (χ3n) is 1.81. The minimum absolute atomic E-state index is 0.162. The van der Waals surface area contributed by atoms with Gasteiger partial charge in [-0.05, 0) is 39.1 Å². The molecule has 0 spiro atoms. The van der Waals surface area contributed by atoms with Gasteiger partial charge in [-0.2, -0.15) is 0 Å². The second-order valence-corrected chi connectivity index (χ2v) is 7.21. The zero-order chi connectivity index (χ0) is 10.8. The zero-order valence-corrected chi connectivity index (χ0v) is 10.7. The lowest BCUT2D eigenvalue weighted by Gasteiger charge is -2.26. The van der Waals surface area contributed by atoms with Gasteiger partial charge in [-0.25, -0.2) is 0 Å². The summed E-state index contributed by atoms with van der Waals surface area (Å²) in [5.41, 5.74) is 0. The van der Waals surface area contributed by atoms with Crippen LogP contribution in [-0.4, -0.2) is 9.30 Å². The van der Waals surface area contributed by atoms with Crippen LogP contribution in [0.1, 0.15) is 38.6 Å². The Morgan fingerprint density at radius 2 is 2.14 bits per heavy atom. The van der Waals surface area contributed by atoms with E-state index in [1.54, 1.807) is 11.3 Å². The van der Waals surface area contributed by atoms with E-state index in [1.165, 1.54) is 4.88 Å². The van der Waals surface area contributed by atoms with Gasteiger partial charge in [-0.15, -0.1) is 16.1 Å². The van der Waals surface area contributed by atoms with Crippen LogP contribution >= 0.6 is 11.3 Å². The molecule has 0 amide bonds. The van der Waals surface area contributed by atoms with Gasteiger partial charge in [0.15, 0.2) is 0 Å². The van der Waals surface area contributed by atoms with Gasteiger partial charge in [0.2, 0.25) is 0 Å². The largest absolute Gasteiger partial charge is 0.598 e. The predicted molar refractivity (Wildman–Crippen MR) is 63.8 cm³/mol. The molecular weight excluding hydrogens is 214 g/mol. The van der Waals surface area contributed by atoms with Crippen LogP contribution in [0.2, 0.25) is 0 Å². The van der Waals surface area contributed by atoms with Gasteiger partial charge in [-0.1, -0.05) is 6.07 Å². The number of thiophene rings is 1. The second-order valence-electron chi connectivity index (χ2n) is 4.24. The Bertz CT molecular complexity index is 266. The Kier molecular flexibility index (Phi) is 4.01. The molecule has 1 aromatic rings. The molecule has 0 saturated heterocycles. The van der Waals surface area contributed by atoms with Crippen molar-refractivity contribution in [3.63, 3.8) is 0 Å². The third-order valence-corrected chi connectivity index (χ3v) is 4.54. The van der Waals surface area contributed by atoms with Crippen LogP contribution in [0.15, 0.2) is 17.5 Å². The van der Waals surface area contributed by atoms with Crippen molar-refractivity contribution in [2.75, 3.05) is 0 Å². The molecule has 2 nitrogen and oxygen atoms in total. The summed E-state index contributed by atoms with van der Waals surface area (Å²) >= 11 is 0.691. The second kappa shape index (κ2) is 4.66. The van der Waals surface area contributed by atoms with Crippen molar-refractivity contribution in [2.24, 2.45) is 0 Å². The van der Waals surface area contributed by atoms with Crippen molar-refractivity contribution in [2.45, 2.75) is 38.5 Å². The molecule has 1 rings (SSSR count). The van der Waals surface area contributed by atoms with Gasteiger partial charge < -0.3 is 4.55 Å². The maximum atomic E-state index is 11.8. The molecule has 0 radical (unpaired) electrons. The summed E-state index contributed by atoms with van der Waals surface area (Å²) in [5, 5.41) is 2.04. The van der Waals surface area contributed by atoms with Crippen LogP contribution in [0.3, 0.4) is 0 Å². The Balaban J connectivity index is 2.53. The summed E-state index contributed by atoms with van der Waals surface area (Å²) in [7, 11) is 0. The smallest absolute Gasteiger partial charge is 0.136 e. The molecule has 0 aliphatic rings. The fourth-order valence-corrected chi connectivity index (χ4v) is 2.54. The molecule has 0 fully saturated rings. The van der Waals surface area contributed by atoms with E-state index >= 15 is 0 Å². The molecule has 80 valence electrons. The minimum atomic E-state index is -0.995. The Morgan fingerprint density at radius 3 is 2.57 bits per heavy atom. The average molecular weight is 231 g/mol. The first-order valence-corrected chi connectivity index (χ1v) is 6.65. The first kappa shape index (κ1) is 12.0. The summed E-state index contributed by atoms with van der Waals surface area (Å²) in [6, 6.07) is 4.23. The Morgan fingerprint density at radius 1 is 1.50 bits per heavy atom. The van der Waals surface area contributed by atoms with Gasteiger partial charge in [-0.3, -0.25) is 0 Å². The number of rotatable bonds is 3. The summed E-state index contributed by atoms with van der Waals surface area (Å²) in [6.07, 6.45) is 0. The van der Waals surface area contributed by atoms with E-state index in [4.69, 9.17) is 0 Å². The number of nitrogens with one attached hydrogen (secondary N) is 1. The fourth-order valence-electron chi connectivity index (χ4n) is 0.933. The maximum Gasteiger partial charge on any atom is 0.136 e. The molecule has 0 bridgehead atoms. The standard InChI is InChI=1S/C10H17NOS2/c1-8(9-6-5-7-13-9)11-14(12)10(2,3)4/h5-8,11H,1-4H3/t8-,14+/m0/s1. The van der Waals surface area contributed by atoms with E-state index in [2.05, 4.69) is 10.8 Å². The summed E-state index contributed by atoms with van der Waals surface area (Å²) in [6.45, 7) is 7.95. The molecule has 0 saturated carbocycles. The van der Waals surface area contributed by atoms with Crippen molar-refractivity contribution in [1.29, 1.82) is 0 Å². The highest BCUT2D eigenvalue weighted by molar-refractivity contribution is 7.90. The first-order chi connectivity index (χ1) is 6.41. The molecule has 0 unspecified atom stereocenters. The van der Waals surface area contributed by atoms with Crippen LogP contribution in [0.4, 0.5) is 0 Å². The van der Waals surface area contributed by atoms with Gasteiger partial charge in [0.25, 0.3) is 0 Å². The number of hydrogen-bond donors (Lipinski definition) is 1. The molecule has 4 heteroatoms. The molecule has 2 atom stereocenters. The van der Waals surface area contributed by atoms with E-state index in [-0.39, 0.29) is 10.8 Å². The molecule has 1 N–H and O–H groups in total. The van der Waals surface area contributed by atoms with E-state index in [1.807, 2.05) is 39.1 Å². The van der Waals surface area contributed by atoms with E-state index in [9.17, 15) is 4.55 Å². The van der Waals surface area contributed by atoms with E-state index in [0.29, 0.717) is 0 Å². The summed E-state index contributed by atoms with van der Waals surface area (Å²) in [5.74, 6) is 0. The molecule has 0 aromatic carbocycles. The highest BCUT2D eigenvalue weighted by atomic mass is 32.2. The van der Waals surface area contributed by atoms with Crippen LogP contribution < -0.4 is 4.72 Å². The molecule has 0 aliphatic carbocycles. The highest BCUT2D eigenvalue weighted by Gasteiger charge is 2.28. The topological polar surface area (TPSA) is 35.1 Å². The van der Waals surface area contributed by atoms with Crippen molar-refractivity contribution in [1.82, 2.24) is 4.72 Å². The molecule has 1 aromatic heterocycles. The highest BCUT2D eigenvalue weighted by Crippen LogP contribution is 2.22. The SMILES string of the molecule is C[C@H](N[S@+]([O-])C(C)(C)C)c1cccs1. The Labute approximate surface area is 93.0 Å². The minimum Gasteiger partial charge on any atom is -0.598 e. The van der Waals surface area contributed by atoms with Crippen molar-refractivity contribution in [3.05, 3.63) is 22.4 Å². The molecule has 14 heavy (non-hydrogen) atoms. The maximum absolute atomic E-state index is 11.8. The van der Waals surface area contributed by atoms with Gasteiger partial charge in [0.05, 0.1) is 6.04 Å². The van der Waals surface area contributed by atoms with Crippen molar-refractivity contribution >= 4 is 22.7 Å². The molecular formula is C10H17NOS2. The van der Waals surface area contributed by atoms with Crippen LogP contribution in [0, 0.1) is 0 Å². The first-order valence-electron chi connectivity index (χ1n) is 4.62. The van der Waals surface area contributed by atoms with Crippen molar-refractivity contribution in [3.8, 4) is 0 Å². The normalized spacial score (nSPS) is 16.6. The van der Waals surface area contributed by atoms with Crippen LogP contribution in [0.5, 0.6) is 0 Å². The monoisotopic (exact) mass is 231 g/mol. The molecule has 1 heterocycles. The molecule has 0 aliphatic heterocycles. The Hall–Kier alpha value is -0.0300.